The Kier molecular flexibility index (Phi) is 12.6. The first kappa shape index (κ1) is 57.4. The normalized spacial score (nSPS) is 12.1. The molecule has 22 aromatic rings. The molecule has 0 aliphatic carbocycles. The molecule has 0 unspecified atom stereocenters. The predicted molar refractivity (Wildman–Crippen MR) is 436 cm³/mol. The SMILES string of the molecule is c1cc(-c2cc(-c3cccc(-n4c5ccccc5c5cc(-c6ccc7sc8ccccc8c7c6)ccc54)c3)nc(-c3cccc(-n4c5ccccc5c5cc(-c6ccc7sc8ccccc8c7c6)ccc54)c3)n2)cc(-n2c3ccccc3c3cc(-c4ccc5sc6ccccc6c5c4)ccc32)c1. The molecule has 7 heterocycles. The molecular formula is C94H55N5S3. The Hall–Kier alpha value is -12.6. The van der Waals surface area contributed by atoms with Crippen molar-refractivity contribution in [3.8, 4) is 84.3 Å². The van der Waals surface area contributed by atoms with Crippen molar-refractivity contribution in [3.63, 3.8) is 0 Å². The molecule has 8 heteroatoms. The molecule has 0 bridgehead atoms. The Morgan fingerprint density at radius 3 is 0.814 bits per heavy atom. The largest absolute Gasteiger partial charge is 0.309 e. The van der Waals surface area contributed by atoms with Crippen LogP contribution in [0.3, 0.4) is 0 Å². The van der Waals surface area contributed by atoms with Gasteiger partial charge in [0.1, 0.15) is 0 Å². The zero-order valence-corrected chi connectivity index (χ0v) is 57.2. The van der Waals surface area contributed by atoms with Crippen molar-refractivity contribution in [2.45, 2.75) is 0 Å². The van der Waals surface area contributed by atoms with E-state index in [1.165, 1.54) is 126 Å². The average Bonchev–Trinajstić information content (AvgIpc) is 1.60. The van der Waals surface area contributed by atoms with Crippen molar-refractivity contribution in [3.05, 3.63) is 334 Å². The third-order valence-electron chi connectivity index (χ3n) is 21.0. The van der Waals surface area contributed by atoms with Gasteiger partial charge in [0, 0.05) is 127 Å². The number of thiophene rings is 3. The third kappa shape index (κ3) is 9.00. The first-order valence-corrected chi connectivity index (χ1v) is 37.0. The molecule has 22 rings (SSSR count). The Bertz CT molecular complexity index is 6590. The Morgan fingerprint density at radius 1 is 0.176 bits per heavy atom. The molecule has 0 aliphatic heterocycles. The fourth-order valence-electron chi connectivity index (χ4n) is 16.3. The standard InChI is InChI=1S/C94H55N5S3/c1-7-28-82-68(22-1)74-49-56(59-37-43-91-77(52-59)71-25-4-10-31-88(71)100-91)34-40-85(74)97(82)65-19-13-16-62(46-65)80-55-81(63-17-14-20-66(47-63)98-83-29-8-2-23-69(83)75-50-57(35-41-86(75)98)60-38-44-92-78(53-60)72-26-5-11-32-89(72)101-92)96-94(95-80)64-18-15-21-67(48-64)99-84-30-9-3-24-70(84)76-51-58(36-42-87(76)99)61-39-45-93-79(54-61)73-27-6-12-33-90(73)102-93/h1-55H. The Balaban J connectivity index is 0.688. The minimum absolute atomic E-state index is 0.635. The van der Waals surface area contributed by atoms with E-state index in [0.717, 1.165) is 78.2 Å². The average molecular weight is 1350 g/mol. The van der Waals surface area contributed by atoms with Crippen molar-refractivity contribution in [1.29, 1.82) is 0 Å². The molecule has 0 fully saturated rings. The van der Waals surface area contributed by atoms with Gasteiger partial charge in [-0.3, -0.25) is 0 Å². The van der Waals surface area contributed by atoms with Crippen LogP contribution in [0.1, 0.15) is 0 Å². The summed E-state index contributed by atoms with van der Waals surface area (Å²) in [5.74, 6) is 0.635. The fourth-order valence-corrected chi connectivity index (χ4v) is 19.5. The van der Waals surface area contributed by atoms with E-state index in [9.17, 15) is 0 Å². The van der Waals surface area contributed by atoms with Crippen molar-refractivity contribution in [1.82, 2.24) is 23.7 Å². The van der Waals surface area contributed by atoms with E-state index in [2.05, 4.69) is 347 Å². The summed E-state index contributed by atoms with van der Waals surface area (Å²) >= 11 is 5.57. The molecule has 0 amide bonds. The van der Waals surface area contributed by atoms with Gasteiger partial charge in [0.2, 0.25) is 0 Å². The highest BCUT2D eigenvalue weighted by Gasteiger charge is 2.22. The van der Waals surface area contributed by atoms with Crippen molar-refractivity contribution >= 4 is 160 Å². The number of para-hydroxylation sites is 3. The van der Waals surface area contributed by atoms with Gasteiger partial charge in [-0.05, 0) is 185 Å². The summed E-state index contributed by atoms with van der Waals surface area (Å²) in [5, 5.41) is 15.0. The highest BCUT2D eigenvalue weighted by atomic mass is 32.1. The van der Waals surface area contributed by atoms with Gasteiger partial charge in [-0.2, -0.15) is 0 Å². The molecule has 0 saturated heterocycles. The molecule has 0 spiro atoms. The number of rotatable bonds is 9. The van der Waals surface area contributed by atoms with Gasteiger partial charge in [-0.25, -0.2) is 9.97 Å². The predicted octanol–water partition coefficient (Wildman–Crippen LogP) is 26.9. The second-order valence-corrected chi connectivity index (χ2v) is 30.0. The summed E-state index contributed by atoms with van der Waals surface area (Å²) in [4.78, 5) is 11.3. The number of hydrogen-bond acceptors (Lipinski definition) is 5. The van der Waals surface area contributed by atoms with Gasteiger partial charge in [-0.1, -0.05) is 182 Å². The van der Waals surface area contributed by atoms with Crippen LogP contribution in [0.4, 0.5) is 0 Å². The minimum atomic E-state index is 0.635. The number of benzene rings is 15. The monoisotopic (exact) mass is 1350 g/mol. The molecule has 5 nitrogen and oxygen atoms in total. The zero-order chi connectivity index (χ0) is 66.7. The molecule has 0 saturated carbocycles. The Labute approximate surface area is 597 Å². The number of hydrogen-bond donors (Lipinski definition) is 0. The summed E-state index contributed by atoms with van der Waals surface area (Å²) in [6.07, 6.45) is 0. The maximum atomic E-state index is 5.64. The molecule has 0 N–H and O–H groups in total. The van der Waals surface area contributed by atoms with Gasteiger partial charge < -0.3 is 13.7 Å². The van der Waals surface area contributed by atoms with Crippen LogP contribution in [0, 0.1) is 0 Å². The smallest absolute Gasteiger partial charge is 0.160 e. The van der Waals surface area contributed by atoms with Crippen molar-refractivity contribution in [2.24, 2.45) is 0 Å². The highest BCUT2D eigenvalue weighted by molar-refractivity contribution is 7.26. The molecule has 15 aromatic carbocycles. The van der Waals surface area contributed by atoms with Gasteiger partial charge >= 0.3 is 0 Å². The lowest BCUT2D eigenvalue weighted by Crippen LogP contribution is -2.00. The van der Waals surface area contributed by atoms with E-state index in [1.807, 2.05) is 34.0 Å². The van der Waals surface area contributed by atoms with Gasteiger partial charge in [0.05, 0.1) is 44.5 Å². The number of aromatic nitrogens is 5. The van der Waals surface area contributed by atoms with E-state index in [1.54, 1.807) is 0 Å². The summed E-state index contributed by atoms with van der Waals surface area (Å²) < 4.78 is 15.1. The number of fused-ring (bicyclic) bond motifs is 18. The van der Waals surface area contributed by atoms with Gasteiger partial charge in [0.15, 0.2) is 5.82 Å². The third-order valence-corrected chi connectivity index (χ3v) is 24.5. The van der Waals surface area contributed by atoms with Gasteiger partial charge in [0.25, 0.3) is 0 Å². The quantitative estimate of drug-likeness (QED) is 0.144. The van der Waals surface area contributed by atoms with Crippen molar-refractivity contribution < 1.29 is 0 Å². The fraction of sp³-hybridized carbons (Fsp3) is 0. The highest BCUT2D eigenvalue weighted by Crippen LogP contribution is 2.45. The second-order valence-electron chi connectivity index (χ2n) is 26.8. The van der Waals surface area contributed by atoms with Gasteiger partial charge in [-0.15, -0.1) is 34.0 Å². The van der Waals surface area contributed by atoms with E-state index in [-0.39, 0.29) is 0 Å². The van der Waals surface area contributed by atoms with Crippen LogP contribution in [0.2, 0.25) is 0 Å². The second kappa shape index (κ2) is 22.5. The van der Waals surface area contributed by atoms with Crippen LogP contribution in [-0.2, 0) is 0 Å². The van der Waals surface area contributed by atoms with E-state index >= 15 is 0 Å². The molecule has 0 radical (unpaired) electrons. The van der Waals surface area contributed by atoms with Crippen LogP contribution < -0.4 is 0 Å². The van der Waals surface area contributed by atoms with E-state index in [4.69, 9.17) is 9.97 Å². The molecule has 102 heavy (non-hydrogen) atoms. The molecule has 0 atom stereocenters. The van der Waals surface area contributed by atoms with Crippen LogP contribution in [0.25, 0.3) is 210 Å². The first-order chi connectivity index (χ1) is 50.5. The lowest BCUT2D eigenvalue weighted by molar-refractivity contribution is 1.15. The Morgan fingerprint density at radius 2 is 0.451 bits per heavy atom. The topological polar surface area (TPSA) is 40.6 Å². The minimum Gasteiger partial charge on any atom is -0.309 e. The maximum absolute atomic E-state index is 5.64. The summed E-state index contributed by atoms with van der Waals surface area (Å²) in [6.45, 7) is 0. The van der Waals surface area contributed by atoms with Crippen LogP contribution >= 0.6 is 34.0 Å². The maximum Gasteiger partial charge on any atom is 0.160 e. The molecule has 0 aliphatic rings. The molecule has 474 valence electrons. The van der Waals surface area contributed by atoms with Crippen LogP contribution in [0.5, 0.6) is 0 Å². The number of nitrogens with zero attached hydrogens (tertiary/aromatic N) is 5. The zero-order valence-electron chi connectivity index (χ0n) is 54.7. The lowest BCUT2D eigenvalue weighted by atomic mass is 10.0. The van der Waals surface area contributed by atoms with E-state index in [0.29, 0.717) is 5.82 Å². The summed E-state index contributed by atoms with van der Waals surface area (Å²) in [5.41, 5.74) is 21.7. The van der Waals surface area contributed by atoms with Crippen LogP contribution in [0.15, 0.2) is 334 Å². The lowest BCUT2D eigenvalue weighted by Gasteiger charge is -2.14. The first-order valence-electron chi connectivity index (χ1n) is 34.6. The summed E-state index contributed by atoms with van der Waals surface area (Å²) in [6, 6.07) is 123. The van der Waals surface area contributed by atoms with Crippen LogP contribution in [-0.4, -0.2) is 23.7 Å². The van der Waals surface area contributed by atoms with E-state index < -0.39 is 0 Å². The molecule has 7 aromatic heterocycles. The molecular weight excluding hydrogens is 1300 g/mol. The summed E-state index contributed by atoms with van der Waals surface area (Å²) in [7, 11) is 0. The van der Waals surface area contributed by atoms with Crippen molar-refractivity contribution in [2.75, 3.05) is 0 Å².